The summed E-state index contributed by atoms with van der Waals surface area (Å²) in [5, 5.41) is 10.5. The number of benzene rings is 1. The smallest absolute Gasteiger partial charge is 0.323 e. The van der Waals surface area contributed by atoms with E-state index >= 15 is 0 Å². The van der Waals surface area contributed by atoms with Gasteiger partial charge in [0.2, 0.25) is 5.91 Å². The zero-order valence-corrected chi connectivity index (χ0v) is 16.7. The Morgan fingerprint density at radius 1 is 1.29 bits per heavy atom. The van der Waals surface area contributed by atoms with E-state index in [1.807, 2.05) is 0 Å². The lowest BCUT2D eigenvalue weighted by Crippen LogP contribution is -2.25. The first-order valence-electron chi connectivity index (χ1n) is 9.92. The van der Waals surface area contributed by atoms with Crippen LogP contribution >= 0.6 is 0 Å². The van der Waals surface area contributed by atoms with Crippen LogP contribution in [0.15, 0.2) is 42.7 Å². The Morgan fingerprint density at radius 2 is 2.03 bits per heavy atom. The SMILES string of the molecule is CC(Cn1nc(C(F)(F)F)cc1C1CC1)C(=O)Nc1cnn(Cc2ccccc2F)c1. The van der Waals surface area contributed by atoms with Crippen molar-refractivity contribution in [2.24, 2.45) is 5.92 Å². The van der Waals surface area contributed by atoms with Gasteiger partial charge in [-0.25, -0.2) is 4.39 Å². The molecule has 1 fully saturated rings. The fourth-order valence-electron chi connectivity index (χ4n) is 3.35. The fraction of sp³-hybridized carbons (Fsp3) is 0.381. The second-order valence-electron chi connectivity index (χ2n) is 7.82. The Bertz CT molecular complexity index is 1080. The summed E-state index contributed by atoms with van der Waals surface area (Å²) in [5.41, 5.74) is 0.469. The van der Waals surface area contributed by atoms with Crippen molar-refractivity contribution in [2.45, 2.75) is 44.9 Å². The predicted octanol–water partition coefficient (Wildman–Crippen LogP) is 4.44. The lowest BCUT2D eigenvalue weighted by molar-refractivity contribution is -0.141. The van der Waals surface area contributed by atoms with Crippen LogP contribution in [0.5, 0.6) is 0 Å². The molecule has 10 heteroatoms. The quantitative estimate of drug-likeness (QED) is 0.558. The van der Waals surface area contributed by atoms with E-state index in [0.717, 1.165) is 18.9 Å². The molecule has 3 aromatic rings. The number of nitrogens with one attached hydrogen (secondary N) is 1. The summed E-state index contributed by atoms with van der Waals surface area (Å²) in [6.07, 6.45) is 0.141. The molecule has 1 amide bonds. The monoisotopic (exact) mass is 435 g/mol. The molecular weight excluding hydrogens is 414 g/mol. The minimum Gasteiger partial charge on any atom is -0.323 e. The van der Waals surface area contributed by atoms with Crippen molar-refractivity contribution in [3.63, 3.8) is 0 Å². The van der Waals surface area contributed by atoms with Gasteiger partial charge in [-0.3, -0.25) is 14.2 Å². The summed E-state index contributed by atoms with van der Waals surface area (Å²) >= 11 is 0. The minimum atomic E-state index is -4.52. The average molecular weight is 435 g/mol. The van der Waals surface area contributed by atoms with E-state index in [0.29, 0.717) is 16.9 Å². The van der Waals surface area contributed by atoms with Gasteiger partial charge in [0, 0.05) is 23.4 Å². The van der Waals surface area contributed by atoms with Crippen molar-refractivity contribution in [1.82, 2.24) is 19.6 Å². The molecule has 2 heterocycles. The van der Waals surface area contributed by atoms with Gasteiger partial charge in [0.1, 0.15) is 5.82 Å². The molecule has 1 N–H and O–H groups in total. The maximum Gasteiger partial charge on any atom is 0.435 e. The highest BCUT2D eigenvalue weighted by molar-refractivity contribution is 5.91. The molecule has 2 aromatic heterocycles. The third-order valence-corrected chi connectivity index (χ3v) is 5.18. The van der Waals surface area contributed by atoms with Crippen LogP contribution in [0.4, 0.5) is 23.2 Å². The number of carbonyl (C=O) groups excluding carboxylic acids is 1. The number of anilines is 1. The highest BCUT2D eigenvalue weighted by Gasteiger charge is 2.38. The van der Waals surface area contributed by atoms with Crippen molar-refractivity contribution in [1.29, 1.82) is 0 Å². The molecule has 4 rings (SSSR count). The number of amides is 1. The molecule has 0 radical (unpaired) electrons. The van der Waals surface area contributed by atoms with E-state index in [1.54, 1.807) is 31.3 Å². The summed E-state index contributed by atoms with van der Waals surface area (Å²) in [7, 11) is 0. The van der Waals surface area contributed by atoms with Crippen molar-refractivity contribution >= 4 is 11.6 Å². The molecule has 6 nitrogen and oxygen atoms in total. The van der Waals surface area contributed by atoms with E-state index < -0.39 is 17.8 Å². The molecule has 1 unspecified atom stereocenters. The molecule has 1 saturated carbocycles. The van der Waals surface area contributed by atoms with Crippen molar-refractivity contribution in [3.05, 3.63) is 65.5 Å². The highest BCUT2D eigenvalue weighted by atomic mass is 19.4. The summed E-state index contributed by atoms with van der Waals surface area (Å²) in [6.45, 7) is 1.87. The summed E-state index contributed by atoms with van der Waals surface area (Å²) < 4.78 is 55.7. The zero-order chi connectivity index (χ0) is 22.2. The summed E-state index contributed by atoms with van der Waals surface area (Å²) in [4.78, 5) is 12.6. The van der Waals surface area contributed by atoms with Crippen molar-refractivity contribution < 1.29 is 22.4 Å². The molecule has 0 spiro atoms. The Hall–Kier alpha value is -3.17. The molecule has 0 saturated heterocycles. The maximum absolute atomic E-state index is 13.8. The third kappa shape index (κ3) is 4.95. The number of halogens is 4. The van der Waals surface area contributed by atoms with Gasteiger partial charge < -0.3 is 5.32 Å². The Labute approximate surface area is 175 Å². The van der Waals surface area contributed by atoms with Crippen LogP contribution in [0.2, 0.25) is 0 Å². The molecule has 1 atom stereocenters. The van der Waals surface area contributed by atoms with Gasteiger partial charge in [-0.15, -0.1) is 0 Å². The first kappa shape index (κ1) is 21.1. The Morgan fingerprint density at radius 3 is 2.71 bits per heavy atom. The standard InChI is InChI=1S/C21H21F4N5O/c1-13(10-30-18(14-6-7-14)8-19(28-30)21(23,24)25)20(31)27-16-9-26-29(12-16)11-15-4-2-3-5-17(15)22/h2-5,8-9,12-14H,6-7,10-11H2,1H3,(H,27,31). The normalized spacial score (nSPS) is 15.1. The molecule has 31 heavy (non-hydrogen) atoms. The van der Waals surface area contributed by atoms with Gasteiger partial charge >= 0.3 is 6.18 Å². The van der Waals surface area contributed by atoms with Gasteiger partial charge in [-0.2, -0.15) is 23.4 Å². The maximum atomic E-state index is 13.8. The summed E-state index contributed by atoms with van der Waals surface area (Å²) in [5.74, 6) is -1.26. The Kier molecular flexibility index (Phi) is 5.55. The van der Waals surface area contributed by atoms with Crippen LogP contribution in [0.25, 0.3) is 0 Å². The van der Waals surface area contributed by atoms with Gasteiger partial charge in [0.25, 0.3) is 0 Å². The van der Waals surface area contributed by atoms with Crippen LogP contribution in [-0.4, -0.2) is 25.5 Å². The van der Waals surface area contributed by atoms with Crippen LogP contribution < -0.4 is 5.32 Å². The second-order valence-corrected chi connectivity index (χ2v) is 7.82. The molecular formula is C21H21F4N5O. The van der Waals surface area contributed by atoms with E-state index in [-0.39, 0.29) is 30.7 Å². The largest absolute Gasteiger partial charge is 0.435 e. The van der Waals surface area contributed by atoms with Crippen molar-refractivity contribution in [3.8, 4) is 0 Å². The number of hydrogen-bond donors (Lipinski definition) is 1. The number of rotatable bonds is 7. The number of aromatic nitrogens is 4. The number of alkyl halides is 3. The van der Waals surface area contributed by atoms with E-state index in [4.69, 9.17) is 0 Å². The minimum absolute atomic E-state index is 0.0388. The zero-order valence-electron chi connectivity index (χ0n) is 16.7. The average Bonchev–Trinajstić information content (AvgIpc) is 3.31. The van der Waals surface area contributed by atoms with E-state index in [9.17, 15) is 22.4 Å². The van der Waals surface area contributed by atoms with Gasteiger partial charge in [0.05, 0.1) is 30.9 Å². The first-order chi connectivity index (χ1) is 14.7. The molecule has 0 bridgehead atoms. The number of nitrogens with zero attached hydrogens (tertiary/aromatic N) is 4. The molecule has 1 aliphatic carbocycles. The predicted molar refractivity (Wildman–Crippen MR) is 105 cm³/mol. The van der Waals surface area contributed by atoms with Gasteiger partial charge in [0.15, 0.2) is 5.69 Å². The Balaban J connectivity index is 1.40. The lowest BCUT2D eigenvalue weighted by Gasteiger charge is -2.13. The number of hydrogen-bond acceptors (Lipinski definition) is 3. The van der Waals surface area contributed by atoms with Gasteiger partial charge in [-0.1, -0.05) is 25.1 Å². The lowest BCUT2D eigenvalue weighted by atomic mass is 10.1. The third-order valence-electron chi connectivity index (χ3n) is 5.18. The topological polar surface area (TPSA) is 64.7 Å². The fourth-order valence-corrected chi connectivity index (χ4v) is 3.35. The molecule has 0 aliphatic heterocycles. The van der Waals surface area contributed by atoms with Gasteiger partial charge in [-0.05, 0) is 25.0 Å². The van der Waals surface area contributed by atoms with Crippen LogP contribution in [0.3, 0.4) is 0 Å². The first-order valence-corrected chi connectivity index (χ1v) is 9.92. The molecule has 1 aliphatic rings. The molecule has 1 aromatic carbocycles. The highest BCUT2D eigenvalue weighted by Crippen LogP contribution is 2.42. The summed E-state index contributed by atoms with van der Waals surface area (Å²) in [6, 6.07) is 7.41. The number of carbonyl (C=O) groups is 1. The van der Waals surface area contributed by atoms with Crippen molar-refractivity contribution in [2.75, 3.05) is 5.32 Å². The van der Waals surface area contributed by atoms with E-state index in [2.05, 4.69) is 15.5 Å². The van der Waals surface area contributed by atoms with Crippen LogP contribution in [-0.2, 0) is 24.1 Å². The van der Waals surface area contributed by atoms with Crippen LogP contribution in [0.1, 0.15) is 42.6 Å². The second kappa shape index (κ2) is 8.16. The van der Waals surface area contributed by atoms with E-state index in [1.165, 1.54) is 21.6 Å². The molecule has 164 valence electrons. The van der Waals surface area contributed by atoms with Crippen LogP contribution in [0, 0.1) is 11.7 Å².